The predicted molar refractivity (Wildman–Crippen MR) is 102 cm³/mol. The first-order valence-corrected chi connectivity index (χ1v) is 9.53. The molecular weight excluding hydrogens is 443 g/mol. The van der Waals surface area contributed by atoms with Crippen molar-refractivity contribution < 1.29 is 9.53 Å². The van der Waals surface area contributed by atoms with Crippen LogP contribution in [0.4, 0.5) is 0 Å². The molecule has 2 aromatic rings. The Labute approximate surface area is 158 Å². The summed E-state index contributed by atoms with van der Waals surface area (Å²) in [6, 6.07) is 17.2. The van der Waals surface area contributed by atoms with Crippen molar-refractivity contribution >= 4 is 49.4 Å². The van der Waals surface area contributed by atoms with Crippen molar-refractivity contribution in [2.75, 3.05) is 11.9 Å². The number of ether oxygens (including phenoxy) is 1. The van der Waals surface area contributed by atoms with Gasteiger partial charge in [-0.2, -0.15) is 0 Å². The van der Waals surface area contributed by atoms with E-state index in [0.717, 1.165) is 17.3 Å². The smallest absolute Gasteiger partial charge is 0.338 e. The van der Waals surface area contributed by atoms with Crippen LogP contribution in [0.1, 0.15) is 22.3 Å². The van der Waals surface area contributed by atoms with Crippen LogP contribution in [0.15, 0.2) is 59.1 Å². The predicted octanol–water partition coefficient (Wildman–Crippen LogP) is 5.61. The van der Waals surface area contributed by atoms with E-state index in [1.54, 1.807) is 12.1 Å². The van der Waals surface area contributed by atoms with Crippen molar-refractivity contribution in [1.82, 2.24) is 0 Å². The molecule has 0 saturated heterocycles. The van der Waals surface area contributed by atoms with Crippen molar-refractivity contribution in [2.24, 2.45) is 0 Å². The number of carbonyl (C=O) groups excluding carboxylic acids is 1. The molecule has 0 fully saturated rings. The van der Waals surface area contributed by atoms with Gasteiger partial charge < -0.3 is 4.74 Å². The third-order valence-electron chi connectivity index (χ3n) is 3.49. The van der Waals surface area contributed by atoms with E-state index >= 15 is 0 Å². The maximum absolute atomic E-state index is 12.1. The summed E-state index contributed by atoms with van der Waals surface area (Å²) in [6.45, 7) is 0.168. The van der Waals surface area contributed by atoms with Gasteiger partial charge in [-0.1, -0.05) is 62.2 Å². The Morgan fingerprint density at radius 2 is 1.74 bits per heavy atom. The lowest BCUT2D eigenvalue weighted by atomic mass is 10.0. The summed E-state index contributed by atoms with van der Waals surface area (Å²) in [6.07, 6.45) is 1.56. The number of hydrogen-bond donors (Lipinski definition) is 0. The van der Waals surface area contributed by atoms with Gasteiger partial charge in [0.1, 0.15) is 6.61 Å². The summed E-state index contributed by atoms with van der Waals surface area (Å²) in [5, 5.41) is 0.558. The molecule has 0 aliphatic rings. The molecule has 0 unspecified atom stereocenters. The first-order chi connectivity index (χ1) is 11.0. The molecule has 0 radical (unpaired) electrons. The second-order valence-electron chi connectivity index (χ2n) is 5.35. The normalized spacial score (nSPS) is 13.3. The molecule has 0 heterocycles. The Balaban J connectivity index is 1.90. The molecule has 2 aromatic carbocycles. The number of alkyl halides is 2. The molecule has 0 aliphatic heterocycles. The van der Waals surface area contributed by atoms with E-state index in [1.807, 2.05) is 30.3 Å². The third-order valence-corrected chi connectivity index (χ3v) is 5.84. The average Bonchev–Trinajstić information content (AvgIpc) is 2.59. The van der Waals surface area contributed by atoms with Gasteiger partial charge in [0.25, 0.3) is 0 Å². The summed E-state index contributed by atoms with van der Waals surface area (Å²) in [5.41, 5.74) is 1.74. The minimum atomic E-state index is -0.610. The number of rotatable bonds is 7. The fraction of sp³-hybridized carbons (Fsp3) is 0.278. The molecule has 0 spiro atoms. The van der Waals surface area contributed by atoms with Gasteiger partial charge in [0.15, 0.2) is 0 Å². The number of esters is 1. The van der Waals surface area contributed by atoms with Gasteiger partial charge in [-0.3, -0.25) is 0 Å². The van der Waals surface area contributed by atoms with E-state index < -0.39 is 4.87 Å². The van der Waals surface area contributed by atoms with Gasteiger partial charge in [-0.25, -0.2) is 4.79 Å². The molecule has 0 saturated carbocycles. The SMILES string of the molecule is O=C(OC[C@@](Cl)(CBr)CCc1ccccc1)c1ccc(Br)cc1. The Hall–Kier alpha value is -0.840. The van der Waals surface area contributed by atoms with Crippen LogP contribution in [-0.4, -0.2) is 22.8 Å². The highest BCUT2D eigenvalue weighted by Gasteiger charge is 2.28. The zero-order valence-corrected chi connectivity index (χ0v) is 16.4. The fourth-order valence-corrected chi connectivity index (χ4v) is 2.91. The highest BCUT2D eigenvalue weighted by atomic mass is 79.9. The maximum atomic E-state index is 12.1. The quantitative estimate of drug-likeness (QED) is 0.397. The molecule has 0 bridgehead atoms. The molecule has 2 rings (SSSR count). The van der Waals surface area contributed by atoms with E-state index in [1.165, 1.54) is 5.56 Å². The number of hydrogen-bond acceptors (Lipinski definition) is 2. The van der Waals surface area contributed by atoms with Crippen molar-refractivity contribution in [2.45, 2.75) is 17.7 Å². The summed E-state index contributed by atoms with van der Waals surface area (Å²) in [5.74, 6) is -0.358. The van der Waals surface area contributed by atoms with Crippen molar-refractivity contribution in [1.29, 1.82) is 0 Å². The van der Waals surface area contributed by atoms with Crippen LogP contribution in [0.2, 0.25) is 0 Å². The van der Waals surface area contributed by atoms with Gasteiger partial charge in [0.2, 0.25) is 0 Å². The van der Waals surface area contributed by atoms with Crippen LogP contribution in [0.5, 0.6) is 0 Å². The van der Waals surface area contributed by atoms with Crippen LogP contribution in [-0.2, 0) is 11.2 Å². The Bertz CT molecular complexity index is 631. The van der Waals surface area contributed by atoms with Crippen LogP contribution in [0.25, 0.3) is 0 Å². The van der Waals surface area contributed by atoms with Crippen LogP contribution < -0.4 is 0 Å². The van der Waals surface area contributed by atoms with Crippen molar-refractivity contribution in [3.8, 4) is 0 Å². The highest BCUT2D eigenvalue weighted by molar-refractivity contribution is 9.10. The molecule has 5 heteroatoms. The molecule has 0 aromatic heterocycles. The number of halogens is 3. The molecule has 1 atom stereocenters. The summed E-state index contributed by atoms with van der Waals surface area (Å²) in [7, 11) is 0. The van der Waals surface area contributed by atoms with Gasteiger partial charge in [-0.15, -0.1) is 11.6 Å². The number of aryl methyl sites for hydroxylation is 1. The third kappa shape index (κ3) is 5.94. The van der Waals surface area contributed by atoms with Crippen LogP contribution in [0.3, 0.4) is 0 Å². The zero-order chi connectivity index (χ0) is 16.7. The van der Waals surface area contributed by atoms with E-state index in [2.05, 4.69) is 44.0 Å². The van der Waals surface area contributed by atoms with Gasteiger partial charge in [-0.05, 0) is 42.7 Å². The zero-order valence-electron chi connectivity index (χ0n) is 12.5. The lowest BCUT2D eigenvalue weighted by Gasteiger charge is -2.24. The minimum Gasteiger partial charge on any atom is -0.460 e. The van der Waals surface area contributed by atoms with Crippen molar-refractivity contribution in [3.05, 3.63) is 70.2 Å². The van der Waals surface area contributed by atoms with E-state index in [0.29, 0.717) is 10.9 Å². The molecule has 0 amide bonds. The molecular formula is C18H17Br2ClO2. The molecule has 0 aliphatic carbocycles. The number of benzene rings is 2. The Morgan fingerprint density at radius 1 is 1.09 bits per heavy atom. The van der Waals surface area contributed by atoms with Gasteiger partial charge >= 0.3 is 5.97 Å². The number of carbonyl (C=O) groups is 1. The summed E-state index contributed by atoms with van der Waals surface area (Å²) in [4.78, 5) is 11.5. The highest BCUT2D eigenvalue weighted by Crippen LogP contribution is 2.26. The summed E-state index contributed by atoms with van der Waals surface area (Å²) < 4.78 is 6.32. The maximum Gasteiger partial charge on any atom is 0.338 e. The topological polar surface area (TPSA) is 26.3 Å². The second kappa shape index (κ2) is 8.86. The van der Waals surface area contributed by atoms with Gasteiger partial charge in [0, 0.05) is 9.80 Å². The Kier molecular flexibility index (Phi) is 7.12. The fourth-order valence-electron chi connectivity index (χ4n) is 2.05. The lowest BCUT2D eigenvalue weighted by molar-refractivity contribution is 0.0465. The molecule has 0 N–H and O–H groups in total. The van der Waals surface area contributed by atoms with E-state index in [-0.39, 0.29) is 12.6 Å². The second-order valence-corrected chi connectivity index (χ2v) is 7.63. The van der Waals surface area contributed by atoms with Crippen molar-refractivity contribution in [3.63, 3.8) is 0 Å². The standard InChI is InChI=1S/C18H17Br2ClO2/c19-12-18(21,11-10-14-4-2-1-3-5-14)13-23-17(22)15-6-8-16(20)9-7-15/h1-9H,10-13H2/t18-/m0/s1. The molecule has 23 heavy (non-hydrogen) atoms. The first kappa shape index (κ1) is 18.5. The minimum absolute atomic E-state index is 0.168. The first-order valence-electron chi connectivity index (χ1n) is 7.24. The molecule has 2 nitrogen and oxygen atoms in total. The monoisotopic (exact) mass is 458 g/mol. The van der Waals surface area contributed by atoms with Gasteiger partial charge in [0.05, 0.1) is 10.4 Å². The average molecular weight is 461 g/mol. The lowest BCUT2D eigenvalue weighted by Crippen LogP contribution is -2.32. The van der Waals surface area contributed by atoms with E-state index in [4.69, 9.17) is 16.3 Å². The van der Waals surface area contributed by atoms with Crippen LogP contribution in [0, 0.1) is 0 Å². The molecule has 122 valence electrons. The van der Waals surface area contributed by atoms with Crippen LogP contribution >= 0.6 is 43.5 Å². The Morgan fingerprint density at radius 3 is 2.35 bits per heavy atom. The van der Waals surface area contributed by atoms with E-state index in [9.17, 15) is 4.79 Å². The summed E-state index contributed by atoms with van der Waals surface area (Å²) >= 11 is 13.4. The largest absolute Gasteiger partial charge is 0.460 e.